The topological polar surface area (TPSA) is 85.9 Å². The highest BCUT2D eigenvalue weighted by atomic mass is 32.2. The first-order valence-electron chi connectivity index (χ1n) is 9.01. The zero-order valence-electron chi connectivity index (χ0n) is 16.3. The lowest BCUT2D eigenvalue weighted by Crippen LogP contribution is -2.00. The average Bonchev–Trinajstić information content (AvgIpc) is 3.22. The van der Waals surface area contributed by atoms with Gasteiger partial charge in [0.1, 0.15) is 28.3 Å². The molecule has 30 heavy (non-hydrogen) atoms. The highest BCUT2D eigenvalue weighted by Crippen LogP contribution is 2.33. The summed E-state index contributed by atoms with van der Waals surface area (Å²) in [6, 6.07) is 22.7. The van der Waals surface area contributed by atoms with Gasteiger partial charge in [0.25, 0.3) is 0 Å². The van der Waals surface area contributed by atoms with Crippen molar-refractivity contribution in [3.63, 3.8) is 0 Å². The van der Waals surface area contributed by atoms with Crippen molar-refractivity contribution in [2.75, 3.05) is 14.2 Å². The molecule has 0 aliphatic heterocycles. The van der Waals surface area contributed by atoms with Crippen LogP contribution in [0, 0.1) is 11.3 Å². The Morgan fingerprint density at radius 3 is 2.40 bits per heavy atom. The third-order valence-electron chi connectivity index (χ3n) is 4.33. The minimum atomic E-state index is 0.350. The first-order valence-corrected chi connectivity index (χ1v) is 9.83. The van der Waals surface area contributed by atoms with E-state index in [1.54, 1.807) is 26.4 Å². The van der Waals surface area contributed by atoms with Gasteiger partial charge in [0.05, 0.1) is 19.9 Å². The van der Waals surface area contributed by atoms with Gasteiger partial charge in [-0.1, -0.05) is 18.2 Å². The second-order valence-electron chi connectivity index (χ2n) is 6.15. The van der Waals surface area contributed by atoms with Crippen molar-refractivity contribution in [3.8, 4) is 34.6 Å². The molecular weight excluding hydrogens is 398 g/mol. The summed E-state index contributed by atoms with van der Waals surface area (Å²) in [6.45, 7) is 0. The summed E-state index contributed by atoms with van der Waals surface area (Å²) in [5.74, 6) is 2.15. The van der Waals surface area contributed by atoms with Crippen molar-refractivity contribution >= 4 is 11.8 Å². The van der Waals surface area contributed by atoms with Crippen molar-refractivity contribution in [1.82, 2.24) is 19.7 Å². The molecule has 0 aliphatic rings. The summed E-state index contributed by atoms with van der Waals surface area (Å²) in [4.78, 5) is 4.34. The fourth-order valence-electron chi connectivity index (χ4n) is 2.88. The van der Waals surface area contributed by atoms with Crippen LogP contribution < -0.4 is 9.47 Å². The van der Waals surface area contributed by atoms with E-state index in [2.05, 4.69) is 21.3 Å². The molecule has 2 aromatic carbocycles. The Morgan fingerprint density at radius 2 is 1.67 bits per heavy atom. The molecule has 0 atom stereocenters. The smallest absolute Gasteiger partial charge is 0.202 e. The van der Waals surface area contributed by atoms with Crippen LogP contribution in [0.25, 0.3) is 17.1 Å². The summed E-state index contributed by atoms with van der Waals surface area (Å²) < 4.78 is 12.6. The highest BCUT2D eigenvalue weighted by Gasteiger charge is 2.18. The SMILES string of the molecule is COc1ccc(-n2c(Sc3cccc(C#N)n3)nnc2-c2cccc(OC)c2)cc1. The summed E-state index contributed by atoms with van der Waals surface area (Å²) in [5.41, 5.74) is 2.09. The maximum atomic E-state index is 9.13. The van der Waals surface area contributed by atoms with Gasteiger partial charge < -0.3 is 9.47 Å². The van der Waals surface area contributed by atoms with Gasteiger partial charge in [0.15, 0.2) is 5.82 Å². The molecule has 0 radical (unpaired) electrons. The van der Waals surface area contributed by atoms with E-state index in [1.807, 2.05) is 59.2 Å². The number of rotatable bonds is 6. The fraction of sp³-hybridized carbons (Fsp3) is 0.0909. The predicted octanol–water partition coefficient (Wildman–Crippen LogP) is 4.37. The van der Waals surface area contributed by atoms with Crippen molar-refractivity contribution < 1.29 is 9.47 Å². The molecular formula is C22H17N5O2S. The van der Waals surface area contributed by atoms with E-state index >= 15 is 0 Å². The number of nitriles is 1. The zero-order chi connectivity index (χ0) is 20.9. The van der Waals surface area contributed by atoms with Crippen LogP contribution in [0.3, 0.4) is 0 Å². The molecule has 148 valence electrons. The maximum absolute atomic E-state index is 9.13. The van der Waals surface area contributed by atoms with Crippen LogP contribution >= 0.6 is 11.8 Å². The predicted molar refractivity (Wildman–Crippen MR) is 113 cm³/mol. The Kier molecular flexibility index (Phi) is 5.63. The second kappa shape index (κ2) is 8.68. The molecule has 0 fully saturated rings. The van der Waals surface area contributed by atoms with Gasteiger partial charge in [-0.15, -0.1) is 10.2 Å². The van der Waals surface area contributed by atoms with E-state index in [9.17, 15) is 0 Å². The number of ether oxygens (including phenoxy) is 2. The Morgan fingerprint density at radius 1 is 0.900 bits per heavy atom. The quantitative estimate of drug-likeness (QED) is 0.462. The lowest BCUT2D eigenvalue weighted by Gasteiger charge is -2.11. The van der Waals surface area contributed by atoms with Gasteiger partial charge in [-0.3, -0.25) is 4.57 Å². The molecule has 4 rings (SSSR count). The van der Waals surface area contributed by atoms with Gasteiger partial charge in [0.2, 0.25) is 5.16 Å². The van der Waals surface area contributed by atoms with Crippen molar-refractivity contribution in [2.24, 2.45) is 0 Å². The molecule has 7 nitrogen and oxygen atoms in total. The molecule has 0 unspecified atom stereocenters. The number of methoxy groups -OCH3 is 2. The molecule has 2 heterocycles. The third kappa shape index (κ3) is 3.97. The second-order valence-corrected chi connectivity index (χ2v) is 7.13. The molecule has 0 bridgehead atoms. The summed E-state index contributed by atoms with van der Waals surface area (Å²) in [6.07, 6.45) is 0. The minimum absolute atomic E-state index is 0.350. The minimum Gasteiger partial charge on any atom is -0.497 e. The van der Waals surface area contributed by atoms with Crippen LogP contribution in [0.15, 0.2) is 76.9 Å². The molecule has 0 saturated carbocycles. The standard InChI is InChI=1S/C22H17N5O2S/c1-28-18-11-9-17(10-12-18)27-21(15-5-3-7-19(13-15)29-2)25-26-22(27)30-20-8-4-6-16(14-23)24-20/h3-13H,1-2H3. The van der Waals surface area contributed by atoms with E-state index in [-0.39, 0.29) is 0 Å². The molecule has 8 heteroatoms. The van der Waals surface area contributed by atoms with Gasteiger partial charge in [0, 0.05) is 5.56 Å². The summed E-state index contributed by atoms with van der Waals surface area (Å²) in [5, 5.41) is 19.3. The first-order chi connectivity index (χ1) is 14.7. The van der Waals surface area contributed by atoms with Gasteiger partial charge in [-0.2, -0.15) is 5.26 Å². The molecule has 0 aliphatic carbocycles. The average molecular weight is 415 g/mol. The number of aromatic nitrogens is 4. The number of nitrogens with zero attached hydrogens (tertiary/aromatic N) is 5. The Hall–Kier alpha value is -3.83. The number of pyridine rings is 1. The van der Waals surface area contributed by atoms with Gasteiger partial charge in [-0.05, 0) is 60.3 Å². The molecule has 0 saturated heterocycles. The number of benzene rings is 2. The lowest BCUT2D eigenvalue weighted by molar-refractivity contribution is 0.414. The van der Waals surface area contributed by atoms with Crippen LogP contribution in [0.4, 0.5) is 0 Å². The van der Waals surface area contributed by atoms with Crippen LogP contribution in [0.5, 0.6) is 11.5 Å². The van der Waals surface area contributed by atoms with E-state index in [1.165, 1.54) is 11.8 Å². The van der Waals surface area contributed by atoms with E-state index < -0.39 is 0 Å². The monoisotopic (exact) mass is 415 g/mol. The maximum Gasteiger partial charge on any atom is 0.202 e. The lowest BCUT2D eigenvalue weighted by atomic mass is 10.2. The fourth-order valence-corrected chi connectivity index (χ4v) is 3.72. The molecule has 2 aromatic heterocycles. The van der Waals surface area contributed by atoms with E-state index in [0.29, 0.717) is 21.7 Å². The summed E-state index contributed by atoms with van der Waals surface area (Å²) >= 11 is 1.34. The molecule has 0 N–H and O–H groups in total. The van der Waals surface area contributed by atoms with E-state index in [4.69, 9.17) is 14.7 Å². The molecule has 4 aromatic rings. The molecule has 0 spiro atoms. The van der Waals surface area contributed by atoms with Crippen LogP contribution in [-0.4, -0.2) is 34.0 Å². The van der Waals surface area contributed by atoms with Crippen molar-refractivity contribution in [1.29, 1.82) is 5.26 Å². The van der Waals surface area contributed by atoms with Crippen LogP contribution in [-0.2, 0) is 0 Å². The highest BCUT2D eigenvalue weighted by molar-refractivity contribution is 7.99. The normalized spacial score (nSPS) is 10.4. The van der Waals surface area contributed by atoms with E-state index in [0.717, 1.165) is 22.7 Å². The van der Waals surface area contributed by atoms with Crippen LogP contribution in [0.1, 0.15) is 5.69 Å². The van der Waals surface area contributed by atoms with Crippen molar-refractivity contribution in [3.05, 3.63) is 72.4 Å². The zero-order valence-corrected chi connectivity index (χ0v) is 17.1. The van der Waals surface area contributed by atoms with Gasteiger partial charge >= 0.3 is 0 Å². The number of hydrogen-bond acceptors (Lipinski definition) is 7. The largest absolute Gasteiger partial charge is 0.497 e. The van der Waals surface area contributed by atoms with Crippen LogP contribution in [0.2, 0.25) is 0 Å². The summed E-state index contributed by atoms with van der Waals surface area (Å²) in [7, 11) is 3.26. The Labute approximate surface area is 177 Å². The van der Waals surface area contributed by atoms with Gasteiger partial charge in [-0.25, -0.2) is 4.98 Å². The Bertz CT molecular complexity index is 1210. The van der Waals surface area contributed by atoms with Crippen molar-refractivity contribution in [2.45, 2.75) is 10.2 Å². The Balaban J connectivity index is 1.83. The first kappa shape index (κ1) is 19.5. The third-order valence-corrected chi connectivity index (χ3v) is 5.21. The molecule has 0 amide bonds. The number of hydrogen-bond donors (Lipinski definition) is 0.